The van der Waals surface area contributed by atoms with Crippen molar-refractivity contribution >= 4 is 33.5 Å². The first-order valence-corrected chi connectivity index (χ1v) is 11.2. The van der Waals surface area contributed by atoms with Crippen LogP contribution < -0.4 is 9.21 Å². The van der Waals surface area contributed by atoms with Gasteiger partial charge in [0.25, 0.3) is 10.0 Å². The summed E-state index contributed by atoms with van der Waals surface area (Å²) in [6.45, 7) is 6.03. The number of carbonyl (C=O) groups excluding carboxylic acids is 1. The first-order chi connectivity index (χ1) is 14.5. The van der Waals surface area contributed by atoms with Crippen molar-refractivity contribution in [1.82, 2.24) is 0 Å². The quantitative estimate of drug-likeness (QED) is 0.570. The molecule has 0 saturated heterocycles. The molecule has 0 aliphatic carbocycles. The average molecular weight is 419 g/mol. The molecule has 0 saturated carbocycles. The van der Waals surface area contributed by atoms with Crippen LogP contribution in [0.3, 0.4) is 0 Å². The van der Waals surface area contributed by atoms with Gasteiger partial charge in [0.05, 0.1) is 17.9 Å². The van der Waals surface area contributed by atoms with Gasteiger partial charge in [-0.15, -0.1) is 0 Å². The molecule has 0 fully saturated rings. The van der Waals surface area contributed by atoms with Crippen LogP contribution in [-0.4, -0.2) is 14.4 Å². The predicted molar refractivity (Wildman–Crippen MR) is 120 cm³/mol. The molecule has 0 unspecified atom stereocenters. The zero-order valence-corrected chi connectivity index (χ0v) is 17.5. The third-order valence-electron chi connectivity index (χ3n) is 5.21. The fraction of sp³-hybridized carbons (Fsp3) is 0.125. The van der Waals surface area contributed by atoms with Crippen LogP contribution in [0.5, 0.6) is 0 Å². The van der Waals surface area contributed by atoms with Gasteiger partial charge in [0.1, 0.15) is 4.90 Å². The van der Waals surface area contributed by atoms with Gasteiger partial charge < -0.3 is 0 Å². The van der Waals surface area contributed by atoms with Crippen molar-refractivity contribution in [3.05, 3.63) is 96.1 Å². The molecule has 0 N–H and O–H groups in total. The van der Waals surface area contributed by atoms with E-state index in [9.17, 15) is 13.2 Å². The molecule has 2 amide bonds. The summed E-state index contributed by atoms with van der Waals surface area (Å²) in [4.78, 5) is 15.1. The van der Waals surface area contributed by atoms with E-state index in [2.05, 4.69) is 6.58 Å². The van der Waals surface area contributed by atoms with Crippen LogP contribution in [0.1, 0.15) is 23.6 Å². The monoisotopic (exact) mass is 418 g/mol. The topological polar surface area (TPSA) is 57.7 Å². The minimum Gasteiger partial charge on any atom is -0.287 e. The van der Waals surface area contributed by atoms with E-state index in [4.69, 9.17) is 0 Å². The highest BCUT2D eigenvalue weighted by Crippen LogP contribution is 2.38. The Hall–Kier alpha value is -3.38. The van der Waals surface area contributed by atoms with Crippen LogP contribution in [0, 0.1) is 0 Å². The molecular weight excluding hydrogens is 396 g/mol. The van der Waals surface area contributed by atoms with Gasteiger partial charge >= 0.3 is 6.03 Å². The van der Waals surface area contributed by atoms with E-state index in [0.717, 1.165) is 27.4 Å². The molecule has 1 heterocycles. The number of aryl methyl sites for hydroxylation is 1. The second-order valence-electron chi connectivity index (χ2n) is 7.07. The Bertz CT molecular complexity index is 1200. The van der Waals surface area contributed by atoms with Gasteiger partial charge in [-0.3, -0.25) is 4.90 Å². The highest BCUT2D eigenvalue weighted by atomic mass is 32.2. The molecule has 3 aromatic carbocycles. The van der Waals surface area contributed by atoms with E-state index < -0.39 is 16.1 Å². The van der Waals surface area contributed by atoms with Crippen LogP contribution in [0.4, 0.5) is 16.2 Å². The number of hydrogen-bond donors (Lipinski definition) is 0. The minimum absolute atomic E-state index is 0.117. The Morgan fingerprint density at radius 3 is 2.17 bits per heavy atom. The molecule has 30 heavy (non-hydrogen) atoms. The fourth-order valence-corrected chi connectivity index (χ4v) is 5.12. The zero-order valence-electron chi connectivity index (χ0n) is 16.7. The van der Waals surface area contributed by atoms with Gasteiger partial charge in [-0.2, -0.15) is 4.31 Å². The SMILES string of the molecule is C=Cc1ccc(CN2C(=O)N(c3ccc(CC)cc3)S(=O)(=O)c3ccccc32)cc1. The summed E-state index contributed by atoms with van der Waals surface area (Å²) in [5, 5.41) is 0. The minimum atomic E-state index is -4.01. The highest BCUT2D eigenvalue weighted by Gasteiger charge is 2.42. The van der Waals surface area contributed by atoms with Gasteiger partial charge in [0.15, 0.2) is 0 Å². The van der Waals surface area contributed by atoms with Crippen LogP contribution >= 0.6 is 0 Å². The Balaban J connectivity index is 1.81. The van der Waals surface area contributed by atoms with Crippen LogP contribution in [0.25, 0.3) is 6.08 Å². The Morgan fingerprint density at radius 2 is 1.53 bits per heavy atom. The van der Waals surface area contributed by atoms with Crippen molar-refractivity contribution in [2.45, 2.75) is 24.8 Å². The number of hydrogen-bond acceptors (Lipinski definition) is 3. The summed E-state index contributed by atoms with van der Waals surface area (Å²) in [5.41, 5.74) is 3.66. The molecular formula is C24H22N2O3S. The number of anilines is 2. The fourth-order valence-electron chi connectivity index (χ4n) is 3.52. The molecule has 1 aliphatic rings. The molecule has 0 bridgehead atoms. The lowest BCUT2D eigenvalue weighted by Crippen LogP contribution is -2.50. The maximum Gasteiger partial charge on any atom is 0.343 e. The number of carbonyl (C=O) groups is 1. The number of urea groups is 1. The maximum absolute atomic E-state index is 13.4. The van der Waals surface area contributed by atoms with Crippen LogP contribution in [-0.2, 0) is 23.0 Å². The summed E-state index contributed by atoms with van der Waals surface area (Å²) in [7, 11) is -4.01. The van der Waals surface area contributed by atoms with Crippen molar-refractivity contribution < 1.29 is 13.2 Å². The Morgan fingerprint density at radius 1 is 0.900 bits per heavy atom. The molecule has 1 aliphatic heterocycles. The molecule has 5 nitrogen and oxygen atoms in total. The number of nitrogens with zero attached hydrogens (tertiary/aromatic N) is 2. The summed E-state index contributed by atoms with van der Waals surface area (Å²) < 4.78 is 27.5. The average Bonchev–Trinajstić information content (AvgIpc) is 2.77. The normalized spacial score (nSPS) is 15.0. The first-order valence-electron chi connectivity index (χ1n) is 9.72. The summed E-state index contributed by atoms with van der Waals surface area (Å²) in [6.07, 6.45) is 2.58. The van der Waals surface area contributed by atoms with E-state index in [1.165, 1.54) is 4.90 Å². The summed E-state index contributed by atoms with van der Waals surface area (Å²) in [5.74, 6) is 0. The van der Waals surface area contributed by atoms with Crippen LogP contribution in [0.15, 0.2) is 84.3 Å². The van der Waals surface area contributed by atoms with Crippen molar-refractivity contribution in [3.63, 3.8) is 0 Å². The third kappa shape index (κ3) is 3.39. The van der Waals surface area contributed by atoms with Gasteiger partial charge in [0, 0.05) is 0 Å². The first kappa shape index (κ1) is 19.9. The van der Waals surface area contributed by atoms with Gasteiger partial charge in [0.2, 0.25) is 0 Å². The largest absolute Gasteiger partial charge is 0.343 e. The molecule has 4 rings (SSSR count). The zero-order chi connectivity index (χ0) is 21.3. The Kier molecular flexibility index (Phi) is 5.18. The van der Waals surface area contributed by atoms with E-state index >= 15 is 0 Å². The molecule has 0 radical (unpaired) electrons. The van der Waals surface area contributed by atoms with Crippen molar-refractivity contribution in [1.29, 1.82) is 0 Å². The molecule has 0 spiro atoms. The highest BCUT2D eigenvalue weighted by molar-refractivity contribution is 7.94. The van der Waals surface area contributed by atoms with E-state index in [1.54, 1.807) is 42.5 Å². The van der Waals surface area contributed by atoms with Gasteiger partial charge in [-0.1, -0.05) is 68.1 Å². The number of rotatable bonds is 5. The molecule has 3 aromatic rings. The number of sulfonamides is 1. The van der Waals surface area contributed by atoms with Gasteiger partial charge in [-0.05, 0) is 47.4 Å². The number of benzene rings is 3. The van der Waals surface area contributed by atoms with Crippen molar-refractivity contribution in [2.75, 3.05) is 9.21 Å². The summed E-state index contributed by atoms with van der Waals surface area (Å²) >= 11 is 0. The molecule has 0 atom stereocenters. The van der Waals surface area contributed by atoms with E-state index in [0.29, 0.717) is 11.4 Å². The second-order valence-corrected chi connectivity index (χ2v) is 8.83. The number of amides is 2. The number of para-hydroxylation sites is 1. The standard InChI is InChI=1S/C24H22N2O3S/c1-3-18-9-11-20(12-10-18)17-25-22-7-5-6-8-23(22)30(28,29)26(24(25)27)21-15-13-19(4-2)14-16-21/h3,5-16H,1,4,17H2,2H3. The lowest BCUT2D eigenvalue weighted by molar-refractivity contribution is 0.253. The van der Waals surface area contributed by atoms with E-state index in [1.807, 2.05) is 43.3 Å². The summed E-state index contributed by atoms with van der Waals surface area (Å²) in [6, 6.07) is 20.7. The lowest BCUT2D eigenvalue weighted by atomic mass is 10.1. The maximum atomic E-state index is 13.4. The van der Waals surface area contributed by atoms with E-state index in [-0.39, 0.29) is 11.4 Å². The van der Waals surface area contributed by atoms with Crippen molar-refractivity contribution in [3.8, 4) is 0 Å². The second kappa shape index (κ2) is 7.80. The van der Waals surface area contributed by atoms with Crippen LogP contribution in [0.2, 0.25) is 0 Å². The molecule has 6 heteroatoms. The lowest BCUT2D eigenvalue weighted by Gasteiger charge is -2.36. The molecule has 0 aromatic heterocycles. The Labute approximate surface area is 176 Å². The number of fused-ring (bicyclic) bond motifs is 1. The molecule has 152 valence electrons. The van der Waals surface area contributed by atoms with Crippen molar-refractivity contribution in [2.24, 2.45) is 0 Å². The smallest absolute Gasteiger partial charge is 0.287 e. The van der Waals surface area contributed by atoms with Gasteiger partial charge in [-0.25, -0.2) is 13.2 Å². The third-order valence-corrected chi connectivity index (χ3v) is 6.96. The predicted octanol–water partition coefficient (Wildman–Crippen LogP) is 5.23.